The van der Waals surface area contributed by atoms with E-state index in [4.69, 9.17) is 9.47 Å². The molecule has 0 fully saturated rings. The number of rotatable bonds is 4. The molecule has 0 aliphatic heterocycles. The third-order valence-corrected chi connectivity index (χ3v) is 4.89. The summed E-state index contributed by atoms with van der Waals surface area (Å²) < 4.78 is 12.9. The molecule has 0 saturated carbocycles. The Bertz CT molecular complexity index is 1150. The van der Waals surface area contributed by atoms with Crippen molar-refractivity contribution in [3.8, 4) is 33.9 Å². The van der Waals surface area contributed by atoms with Crippen LogP contribution in [0.1, 0.15) is 11.7 Å². The van der Waals surface area contributed by atoms with Crippen molar-refractivity contribution in [3.63, 3.8) is 0 Å². The van der Waals surface area contributed by atoms with E-state index in [1.54, 1.807) is 25.7 Å². The monoisotopic (exact) mass is 371 g/mol. The van der Waals surface area contributed by atoms with Gasteiger partial charge in [0.2, 0.25) is 5.91 Å². The van der Waals surface area contributed by atoms with Crippen LogP contribution in [0.5, 0.6) is 11.5 Å². The fraction of sp³-hybridized carbons (Fsp3) is 0.125. The van der Waals surface area contributed by atoms with Gasteiger partial charge in [-0.05, 0) is 11.1 Å². The Hall–Kier alpha value is -3.53. The van der Waals surface area contributed by atoms with Gasteiger partial charge in [0.1, 0.15) is 11.5 Å². The Labute approximate surface area is 163 Å². The van der Waals surface area contributed by atoms with Crippen molar-refractivity contribution in [1.29, 1.82) is 0 Å². The van der Waals surface area contributed by atoms with Gasteiger partial charge >= 0.3 is 0 Å². The van der Waals surface area contributed by atoms with Crippen molar-refractivity contribution in [1.82, 2.24) is 4.57 Å². The molecule has 0 atom stereocenters. The summed E-state index contributed by atoms with van der Waals surface area (Å²) in [5.41, 5.74) is 4.57. The lowest BCUT2D eigenvalue weighted by Gasteiger charge is -2.10. The SMILES string of the molecule is COc1cc(OC)c2c(-c3ccccc3)c(-c3ccccc3)n(C(C)=O)c2c1. The molecule has 4 rings (SSSR count). The molecule has 0 aliphatic carbocycles. The quantitative estimate of drug-likeness (QED) is 0.465. The van der Waals surface area contributed by atoms with Gasteiger partial charge in [0.05, 0.1) is 30.8 Å². The molecule has 1 heterocycles. The summed E-state index contributed by atoms with van der Waals surface area (Å²) in [6.07, 6.45) is 0. The Balaban J connectivity index is 2.25. The zero-order valence-corrected chi connectivity index (χ0v) is 16.1. The van der Waals surface area contributed by atoms with E-state index in [9.17, 15) is 4.79 Å². The van der Waals surface area contributed by atoms with Gasteiger partial charge in [0, 0.05) is 24.6 Å². The minimum Gasteiger partial charge on any atom is -0.497 e. The molecule has 1 aromatic heterocycles. The molecule has 0 aliphatic rings. The third kappa shape index (κ3) is 2.83. The fourth-order valence-corrected chi connectivity index (χ4v) is 3.72. The van der Waals surface area contributed by atoms with E-state index >= 15 is 0 Å². The Morgan fingerprint density at radius 2 is 1.43 bits per heavy atom. The molecule has 0 spiro atoms. The van der Waals surface area contributed by atoms with Crippen molar-refractivity contribution < 1.29 is 14.3 Å². The molecular formula is C24H21NO3. The number of ether oxygens (including phenoxy) is 2. The topological polar surface area (TPSA) is 40.5 Å². The summed E-state index contributed by atoms with van der Waals surface area (Å²) in [4.78, 5) is 12.8. The van der Waals surface area contributed by atoms with E-state index in [1.165, 1.54) is 0 Å². The van der Waals surface area contributed by atoms with E-state index in [2.05, 4.69) is 12.1 Å². The minimum absolute atomic E-state index is 0.0682. The van der Waals surface area contributed by atoms with Crippen LogP contribution >= 0.6 is 0 Å². The maximum atomic E-state index is 12.8. The number of carbonyl (C=O) groups excluding carboxylic acids is 1. The lowest BCUT2D eigenvalue weighted by Crippen LogP contribution is -2.07. The van der Waals surface area contributed by atoms with Gasteiger partial charge in [-0.1, -0.05) is 60.7 Å². The van der Waals surface area contributed by atoms with E-state index in [1.807, 2.05) is 60.7 Å². The average Bonchev–Trinajstić information content (AvgIpc) is 3.09. The van der Waals surface area contributed by atoms with E-state index < -0.39 is 0 Å². The highest BCUT2D eigenvalue weighted by molar-refractivity contribution is 6.12. The van der Waals surface area contributed by atoms with Crippen LogP contribution in [-0.4, -0.2) is 24.7 Å². The van der Waals surface area contributed by atoms with Crippen molar-refractivity contribution in [3.05, 3.63) is 72.8 Å². The standard InChI is InChI=1S/C24H21NO3/c1-16(26)25-20-14-19(27-2)15-21(28-3)23(20)22(17-10-6-4-7-11-17)24(25)18-12-8-5-9-13-18/h4-15H,1-3H3. The molecular weight excluding hydrogens is 350 g/mol. The number of fused-ring (bicyclic) bond motifs is 1. The highest BCUT2D eigenvalue weighted by Gasteiger charge is 2.25. The van der Waals surface area contributed by atoms with Crippen molar-refractivity contribution in [2.45, 2.75) is 6.92 Å². The second-order valence-corrected chi connectivity index (χ2v) is 6.53. The number of benzene rings is 3. The van der Waals surface area contributed by atoms with Crippen molar-refractivity contribution in [2.24, 2.45) is 0 Å². The zero-order valence-electron chi connectivity index (χ0n) is 16.1. The van der Waals surface area contributed by atoms with Crippen LogP contribution in [-0.2, 0) is 0 Å². The second kappa shape index (κ2) is 7.24. The first kappa shape index (κ1) is 17.9. The van der Waals surface area contributed by atoms with Crippen LogP contribution in [0, 0.1) is 0 Å². The Morgan fingerprint density at radius 3 is 1.96 bits per heavy atom. The first-order valence-electron chi connectivity index (χ1n) is 9.08. The summed E-state index contributed by atoms with van der Waals surface area (Å²) in [6, 6.07) is 23.8. The van der Waals surface area contributed by atoms with Crippen LogP contribution in [0.25, 0.3) is 33.3 Å². The van der Waals surface area contributed by atoms with Gasteiger partial charge < -0.3 is 9.47 Å². The van der Waals surface area contributed by atoms with Gasteiger partial charge in [-0.15, -0.1) is 0 Å². The maximum absolute atomic E-state index is 12.8. The molecule has 4 heteroatoms. The maximum Gasteiger partial charge on any atom is 0.228 e. The molecule has 0 bridgehead atoms. The van der Waals surface area contributed by atoms with Gasteiger partial charge in [-0.2, -0.15) is 0 Å². The van der Waals surface area contributed by atoms with Crippen molar-refractivity contribution >= 4 is 16.8 Å². The molecule has 0 radical (unpaired) electrons. The second-order valence-electron chi connectivity index (χ2n) is 6.53. The van der Waals surface area contributed by atoms with Crippen molar-refractivity contribution in [2.75, 3.05) is 14.2 Å². The zero-order chi connectivity index (χ0) is 19.7. The number of nitrogens with zero attached hydrogens (tertiary/aromatic N) is 1. The largest absolute Gasteiger partial charge is 0.497 e. The van der Waals surface area contributed by atoms with Gasteiger partial charge in [-0.25, -0.2) is 0 Å². The molecule has 3 aromatic carbocycles. The first-order valence-corrected chi connectivity index (χ1v) is 9.08. The highest BCUT2D eigenvalue weighted by atomic mass is 16.5. The number of carbonyl (C=O) groups is 1. The minimum atomic E-state index is -0.0682. The number of hydrogen-bond donors (Lipinski definition) is 0. The van der Waals surface area contributed by atoms with Crippen LogP contribution < -0.4 is 9.47 Å². The summed E-state index contributed by atoms with van der Waals surface area (Å²) in [5.74, 6) is 1.25. The molecule has 4 aromatic rings. The third-order valence-electron chi connectivity index (χ3n) is 4.89. The predicted molar refractivity (Wildman–Crippen MR) is 112 cm³/mol. The number of aromatic nitrogens is 1. The average molecular weight is 371 g/mol. The Morgan fingerprint density at radius 1 is 0.821 bits per heavy atom. The van der Waals surface area contributed by atoms with Gasteiger partial charge in [0.15, 0.2) is 0 Å². The van der Waals surface area contributed by atoms with E-state index in [-0.39, 0.29) is 5.91 Å². The lowest BCUT2D eigenvalue weighted by atomic mass is 9.98. The first-order chi connectivity index (χ1) is 13.7. The lowest BCUT2D eigenvalue weighted by molar-refractivity contribution is 0.0943. The molecule has 0 unspecified atom stereocenters. The Kier molecular flexibility index (Phi) is 4.62. The molecule has 0 N–H and O–H groups in total. The summed E-state index contributed by atoms with van der Waals surface area (Å²) in [7, 11) is 3.24. The fourth-order valence-electron chi connectivity index (χ4n) is 3.72. The number of hydrogen-bond acceptors (Lipinski definition) is 3. The highest BCUT2D eigenvalue weighted by Crippen LogP contribution is 2.46. The van der Waals surface area contributed by atoms with Gasteiger partial charge in [-0.3, -0.25) is 9.36 Å². The molecule has 140 valence electrons. The molecule has 4 nitrogen and oxygen atoms in total. The van der Waals surface area contributed by atoms with Crippen LogP contribution in [0.15, 0.2) is 72.8 Å². The van der Waals surface area contributed by atoms with Crippen LogP contribution in [0.2, 0.25) is 0 Å². The number of methoxy groups -OCH3 is 2. The van der Waals surface area contributed by atoms with E-state index in [0.29, 0.717) is 11.5 Å². The molecule has 28 heavy (non-hydrogen) atoms. The summed E-state index contributed by atoms with van der Waals surface area (Å²) in [6.45, 7) is 1.58. The van der Waals surface area contributed by atoms with Crippen LogP contribution in [0.4, 0.5) is 0 Å². The molecule has 0 saturated heterocycles. The van der Waals surface area contributed by atoms with E-state index in [0.717, 1.165) is 33.3 Å². The molecule has 0 amide bonds. The predicted octanol–water partition coefficient (Wildman–Crippen LogP) is 5.65. The summed E-state index contributed by atoms with van der Waals surface area (Å²) in [5, 5.41) is 0.892. The smallest absolute Gasteiger partial charge is 0.228 e. The van der Waals surface area contributed by atoms with Gasteiger partial charge in [0.25, 0.3) is 0 Å². The normalized spacial score (nSPS) is 10.8. The summed E-state index contributed by atoms with van der Waals surface area (Å²) >= 11 is 0. The van der Waals surface area contributed by atoms with Crippen LogP contribution in [0.3, 0.4) is 0 Å².